The van der Waals surface area contributed by atoms with E-state index in [9.17, 15) is 0 Å². The lowest BCUT2D eigenvalue weighted by molar-refractivity contribution is -0.894. The van der Waals surface area contributed by atoms with Crippen LogP contribution in [0.4, 0.5) is 0 Å². The third-order valence-electron chi connectivity index (χ3n) is 12.9. The van der Waals surface area contributed by atoms with Crippen LogP contribution in [-0.4, -0.2) is 76.5 Å². The van der Waals surface area contributed by atoms with Gasteiger partial charge in [0.05, 0.1) is 54.5 Å². The number of hydrogen-bond donors (Lipinski definition) is 0. The molecule has 0 N–H and O–H groups in total. The van der Waals surface area contributed by atoms with Crippen molar-refractivity contribution in [2.24, 2.45) is 0 Å². The van der Waals surface area contributed by atoms with Gasteiger partial charge in [0.25, 0.3) is 0 Å². The molecule has 0 aromatic heterocycles. The van der Waals surface area contributed by atoms with Gasteiger partial charge in [0.2, 0.25) is 0 Å². The normalized spacial score (nSPS) is 12.3. The minimum atomic E-state index is 0.908. The molecule has 0 bridgehead atoms. The first-order valence-electron chi connectivity index (χ1n) is 26.0. The zero-order chi connectivity index (χ0) is 40.2. The van der Waals surface area contributed by atoms with Gasteiger partial charge in [-0.3, -0.25) is 0 Å². The van der Waals surface area contributed by atoms with Crippen molar-refractivity contribution < 1.29 is 13.7 Å². The smallest absolute Gasteiger partial charge is 0.102 e. The minimum absolute atomic E-state index is 0.908. The SMILES string of the molecule is CCCCCCCCCCCCCCCCCCCCCC[N+](C)(C)CCOCC[N+](C)(C)CCCCCCCCCCCCCCCCCCCCCC. The van der Waals surface area contributed by atoms with Crippen molar-refractivity contribution in [3.63, 3.8) is 0 Å². The Morgan fingerprint density at radius 3 is 0.564 bits per heavy atom. The summed E-state index contributed by atoms with van der Waals surface area (Å²) in [6.45, 7) is 11.3. The van der Waals surface area contributed by atoms with Gasteiger partial charge in [0.1, 0.15) is 13.1 Å². The van der Waals surface area contributed by atoms with Gasteiger partial charge in [-0.25, -0.2) is 0 Å². The average molecular weight is 779 g/mol. The molecular formula is C52H110N2O+2. The number of likely N-dealkylation sites (N-methyl/N-ethyl adjacent to an activating group) is 2. The van der Waals surface area contributed by atoms with Gasteiger partial charge in [-0.1, -0.05) is 245 Å². The maximum atomic E-state index is 6.17. The zero-order valence-electron chi connectivity index (χ0n) is 39.8. The van der Waals surface area contributed by atoms with Crippen LogP contribution in [0, 0.1) is 0 Å². The first-order chi connectivity index (χ1) is 26.8. The predicted molar refractivity (Wildman–Crippen MR) is 251 cm³/mol. The van der Waals surface area contributed by atoms with Gasteiger partial charge >= 0.3 is 0 Å². The van der Waals surface area contributed by atoms with E-state index in [1.165, 1.54) is 270 Å². The van der Waals surface area contributed by atoms with Crippen LogP contribution < -0.4 is 0 Å². The Kier molecular flexibility index (Phi) is 43.4. The number of hydrogen-bond acceptors (Lipinski definition) is 1. The van der Waals surface area contributed by atoms with E-state index in [1.807, 2.05) is 0 Å². The summed E-state index contributed by atoms with van der Waals surface area (Å²) in [5, 5.41) is 0. The van der Waals surface area contributed by atoms with E-state index >= 15 is 0 Å². The van der Waals surface area contributed by atoms with Gasteiger partial charge in [0.15, 0.2) is 0 Å². The molecule has 55 heavy (non-hydrogen) atoms. The van der Waals surface area contributed by atoms with Crippen molar-refractivity contribution in [1.29, 1.82) is 0 Å². The van der Waals surface area contributed by atoms with Crippen molar-refractivity contribution in [3.05, 3.63) is 0 Å². The van der Waals surface area contributed by atoms with Gasteiger partial charge in [0, 0.05) is 0 Å². The molecule has 0 fully saturated rings. The molecule has 0 aliphatic heterocycles. The molecule has 0 heterocycles. The summed E-state index contributed by atoms with van der Waals surface area (Å²) < 4.78 is 8.38. The average Bonchev–Trinajstić information content (AvgIpc) is 3.16. The fourth-order valence-electron chi connectivity index (χ4n) is 8.54. The van der Waals surface area contributed by atoms with E-state index in [4.69, 9.17) is 4.74 Å². The summed E-state index contributed by atoms with van der Waals surface area (Å²) >= 11 is 0. The molecule has 0 atom stereocenters. The second kappa shape index (κ2) is 43.5. The van der Waals surface area contributed by atoms with Crippen LogP contribution in [0.5, 0.6) is 0 Å². The molecule has 0 aromatic rings. The van der Waals surface area contributed by atoms with E-state index in [1.54, 1.807) is 0 Å². The molecule has 0 saturated heterocycles. The molecule has 3 nitrogen and oxygen atoms in total. The first kappa shape index (κ1) is 54.9. The molecule has 0 unspecified atom stereocenters. The highest BCUT2D eigenvalue weighted by Crippen LogP contribution is 2.17. The van der Waals surface area contributed by atoms with Crippen molar-refractivity contribution in [1.82, 2.24) is 0 Å². The third kappa shape index (κ3) is 46.4. The van der Waals surface area contributed by atoms with Crippen molar-refractivity contribution in [3.8, 4) is 0 Å². The number of quaternary nitrogens is 2. The largest absolute Gasteiger partial charge is 0.370 e. The van der Waals surface area contributed by atoms with Crippen LogP contribution >= 0.6 is 0 Å². The Morgan fingerprint density at radius 1 is 0.218 bits per heavy atom. The molecule has 0 spiro atoms. The molecule has 332 valence electrons. The molecule has 3 heteroatoms. The van der Waals surface area contributed by atoms with Gasteiger partial charge < -0.3 is 13.7 Å². The Morgan fingerprint density at radius 2 is 0.382 bits per heavy atom. The molecule has 0 radical (unpaired) electrons. The van der Waals surface area contributed by atoms with E-state index in [-0.39, 0.29) is 0 Å². The second-order valence-corrected chi connectivity index (χ2v) is 19.8. The number of nitrogens with zero attached hydrogens (tertiary/aromatic N) is 2. The summed E-state index contributed by atoms with van der Waals surface area (Å²) in [5.74, 6) is 0. The van der Waals surface area contributed by atoms with Crippen molar-refractivity contribution >= 4 is 0 Å². The van der Waals surface area contributed by atoms with Gasteiger partial charge in [-0.15, -0.1) is 0 Å². The number of unbranched alkanes of at least 4 members (excludes halogenated alkanes) is 38. The highest BCUT2D eigenvalue weighted by molar-refractivity contribution is 4.53. The first-order valence-corrected chi connectivity index (χ1v) is 26.0. The van der Waals surface area contributed by atoms with E-state index in [0.717, 1.165) is 35.3 Å². The Hall–Kier alpha value is -0.120. The van der Waals surface area contributed by atoms with Gasteiger partial charge in [-0.05, 0) is 25.7 Å². The summed E-state index contributed by atoms with van der Waals surface area (Å²) in [5.41, 5.74) is 0. The zero-order valence-corrected chi connectivity index (χ0v) is 39.8. The van der Waals surface area contributed by atoms with E-state index in [0.29, 0.717) is 0 Å². The van der Waals surface area contributed by atoms with E-state index in [2.05, 4.69) is 42.0 Å². The fraction of sp³-hybridized carbons (Fsp3) is 1.00. The lowest BCUT2D eigenvalue weighted by Crippen LogP contribution is -2.45. The molecule has 0 saturated carbocycles. The quantitative estimate of drug-likeness (QED) is 0.0442. The summed E-state index contributed by atoms with van der Waals surface area (Å²) in [6.07, 6.45) is 58.2. The maximum Gasteiger partial charge on any atom is 0.102 e. The van der Waals surface area contributed by atoms with Crippen LogP contribution in [0.25, 0.3) is 0 Å². The van der Waals surface area contributed by atoms with Crippen molar-refractivity contribution in [2.45, 2.75) is 271 Å². The Balaban J connectivity index is 3.42. The molecule has 0 rings (SSSR count). The highest BCUT2D eigenvalue weighted by atomic mass is 16.5. The monoisotopic (exact) mass is 779 g/mol. The fourth-order valence-corrected chi connectivity index (χ4v) is 8.54. The number of ether oxygens (including phenoxy) is 1. The number of rotatable bonds is 48. The van der Waals surface area contributed by atoms with Crippen LogP contribution in [0.15, 0.2) is 0 Å². The van der Waals surface area contributed by atoms with Crippen LogP contribution in [0.2, 0.25) is 0 Å². The van der Waals surface area contributed by atoms with Crippen molar-refractivity contribution in [2.75, 3.05) is 67.6 Å². The second-order valence-electron chi connectivity index (χ2n) is 19.8. The molecule has 0 amide bonds. The lowest BCUT2D eigenvalue weighted by Gasteiger charge is -2.31. The summed E-state index contributed by atoms with van der Waals surface area (Å²) in [7, 11) is 9.61. The van der Waals surface area contributed by atoms with Crippen LogP contribution in [-0.2, 0) is 4.74 Å². The standard InChI is InChI=1S/C52H110N2O/c1-7-9-11-13-15-17-19-21-23-25-27-29-31-33-35-37-39-41-43-45-47-53(3,4)49-51-55-52-50-54(5,6)48-46-44-42-40-38-36-34-32-30-28-26-24-22-20-18-16-14-12-10-8-2/h7-52H2,1-6H3/q+2. The van der Waals surface area contributed by atoms with Crippen LogP contribution in [0.1, 0.15) is 271 Å². The van der Waals surface area contributed by atoms with Gasteiger partial charge in [-0.2, -0.15) is 0 Å². The minimum Gasteiger partial charge on any atom is -0.370 e. The lowest BCUT2D eigenvalue weighted by atomic mass is 10.0. The highest BCUT2D eigenvalue weighted by Gasteiger charge is 2.17. The van der Waals surface area contributed by atoms with E-state index < -0.39 is 0 Å². The predicted octanol–water partition coefficient (Wildman–Crippen LogP) is 16.8. The molecule has 0 aliphatic carbocycles. The Bertz CT molecular complexity index is 648. The van der Waals surface area contributed by atoms with Crippen LogP contribution in [0.3, 0.4) is 0 Å². The molecule has 0 aliphatic rings. The molecule has 0 aromatic carbocycles. The topological polar surface area (TPSA) is 9.23 Å². The maximum absolute atomic E-state index is 6.17. The molecular weight excluding hydrogens is 669 g/mol. The summed E-state index contributed by atoms with van der Waals surface area (Å²) in [4.78, 5) is 0. The summed E-state index contributed by atoms with van der Waals surface area (Å²) in [6, 6.07) is 0. The Labute approximate surface area is 350 Å². The third-order valence-corrected chi connectivity index (χ3v) is 12.9.